The summed E-state index contributed by atoms with van der Waals surface area (Å²) in [6, 6.07) is 25.1. The van der Waals surface area contributed by atoms with E-state index in [-0.39, 0.29) is 60.1 Å². The third kappa shape index (κ3) is 8.92. The molecule has 0 atom stereocenters. The second-order valence-corrected chi connectivity index (χ2v) is 14.4. The number of azo groups is 2. The van der Waals surface area contributed by atoms with Gasteiger partial charge in [0.1, 0.15) is 23.0 Å². The van der Waals surface area contributed by atoms with E-state index in [1.54, 1.807) is 36.4 Å². The van der Waals surface area contributed by atoms with Gasteiger partial charge in [-0.05, 0) is 94.8 Å². The Morgan fingerprint density at radius 2 is 0.700 bits per heavy atom. The Hall–Kier alpha value is -8.00. The number of nitrogens with zero attached hydrogens (tertiary/aromatic N) is 6. The van der Waals surface area contributed by atoms with Crippen molar-refractivity contribution in [2.75, 3.05) is 0 Å². The lowest BCUT2D eigenvalue weighted by Gasteiger charge is -2.19. The third-order valence-corrected chi connectivity index (χ3v) is 10.1. The van der Waals surface area contributed by atoms with Crippen LogP contribution >= 0.6 is 0 Å². The second-order valence-electron chi connectivity index (χ2n) is 14.4. The van der Waals surface area contributed by atoms with Crippen LogP contribution in [-0.4, -0.2) is 30.3 Å². The van der Waals surface area contributed by atoms with Gasteiger partial charge in [-0.2, -0.15) is 20.5 Å². The minimum atomic E-state index is -0.506. The van der Waals surface area contributed by atoms with Crippen molar-refractivity contribution in [3.63, 3.8) is 0 Å². The summed E-state index contributed by atoms with van der Waals surface area (Å²) in [5.74, 6) is -0.228. The minimum Gasteiger partial charge on any atom is -0.507 e. The molecule has 4 N–H and O–H groups in total. The number of non-ortho nitro benzene ring substituents is 2. The molecule has 1 aliphatic carbocycles. The first-order valence-electron chi connectivity index (χ1n) is 18.8. The van der Waals surface area contributed by atoms with Crippen LogP contribution in [-0.2, 0) is 38.5 Å². The Kier molecular flexibility index (Phi) is 11.6. The predicted molar refractivity (Wildman–Crippen MR) is 226 cm³/mol. The predicted octanol–water partition coefficient (Wildman–Crippen LogP) is 11.3. The molecule has 0 spiro atoms. The zero-order chi connectivity index (χ0) is 42.5. The van der Waals surface area contributed by atoms with Crippen LogP contribution in [0.4, 0.5) is 34.1 Å². The average Bonchev–Trinajstić information content (AvgIpc) is 3.22. The maximum atomic E-state index is 11.9. The monoisotopic (exact) mass is 802 g/mol. The lowest BCUT2D eigenvalue weighted by Crippen LogP contribution is -2.03. The van der Waals surface area contributed by atoms with E-state index in [1.165, 1.54) is 48.5 Å². The molecule has 0 heterocycles. The smallest absolute Gasteiger partial charge is 0.269 e. The van der Waals surface area contributed by atoms with E-state index in [9.17, 15) is 40.7 Å². The van der Waals surface area contributed by atoms with Crippen LogP contribution < -0.4 is 0 Å². The molecule has 14 heteroatoms. The summed E-state index contributed by atoms with van der Waals surface area (Å²) in [7, 11) is 0. The van der Waals surface area contributed by atoms with Gasteiger partial charge in [0.15, 0.2) is 0 Å². The first kappa shape index (κ1) is 40.2. The quantitative estimate of drug-likeness (QED) is 0.0450. The van der Waals surface area contributed by atoms with Gasteiger partial charge in [-0.25, -0.2) is 0 Å². The molecule has 8 bridgehead atoms. The number of nitro benzene ring substituents is 2. The van der Waals surface area contributed by atoms with Gasteiger partial charge < -0.3 is 20.4 Å². The molecule has 0 saturated heterocycles. The molecular formula is C46H38N6O8. The highest BCUT2D eigenvalue weighted by molar-refractivity contribution is 5.61. The fourth-order valence-corrected chi connectivity index (χ4v) is 7.24. The summed E-state index contributed by atoms with van der Waals surface area (Å²) in [5.41, 5.74) is 6.49. The van der Waals surface area contributed by atoms with Crippen molar-refractivity contribution in [2.24, 2.45) is 20.5 Å². The molecule has 0 aliphatic heterocycles. The summed E-state index contributed by atoms with van der Waals surface area (Å²) in [5, 5.41) is 87.3. The third-order valence-electron chi connectivity index (χ3n) is 10.1. The van der Waals surface area contributed by atoms with Gasteiger partial charge in [0.05, 0.1) is 32.6 Å². The van der Waals surface area contributed by atoms with Gasteiger partial charge in [0.25, 0.3) is 11.4 Å². The van der Waals surface area contributed by atoms with E-state index < -0.39 is 9.85 Å². The van der Waals surface area contributed by atoms with Crippen molar-refractivity contribution < 1.29 is 30.3 Å². The zero-order valence-corrected chi connectivity index (χ0v) is 32.2. The number of phenolic OH excluding ortho intramolecular Hbond substituents is 4. The SMILES string of the molecule is C=CCc1cc2c(O)c(c1)Cc1cc(N=Nc3ccc([N+](=O)[O-])cc3)cc(c1O)Cc1cc(CC=C)cc(c1O)Cc1cc(N=Nc3ccc([N+](=O)[O-])cc3)cc(c1O)C2. The molecule has 0 aromatic heterocycles. The largest absolute Gasteiger partial charge is 0.507 e. The Labute approximate surface area is 343 Å². The van der Waals surface area contributed by atoms with Gasteiger partial charge in [0, 0.05) is 72.2 Å². The van der Waals surface area contributed by atoms with Crippen LogP contribution in [0.2, 0.25) is 0 Å². The lowest BCUT2D eigenvalue weighted by molar-refractivity contribution is -0.385. The number of allylic oxidation sites excluding steroid dienone is 2. The van der Waals surface area contributed by atoms with Crippen molar-refractivity contribution in [2.45, 2.75) is 38.5 Å². The van der Waals surface area contributed by atoms with E-state index >= 15 is 0 Å². The molecule has 300 valence electrons. The number of nitro groups is 2. The number of rotatable bonds is 10. The second kappa shape index (κ2) is 17.2. The Bertz CT molecular complexity index is 2460. The summed E-state index contributed by atoms with van der Waals surface area (Å²) >= 11 is 0. The van der Waals surface area contributed by atoms with Crippen LogP contribution in [0.25, 0.3) is 0 Å². The summed E-state index contributed by atoms with van der Waals surface area (Å²) < 4.78 is 0. The molecule has 6 aromatic rings. The Morgan fingerprint density at radius 3 is 0.950 bits per heavy atom. The van der Waals surface area contributed by atoms with E-state index in [1.807, 2.05) is 24.3 Å². The van der Waals surface area contributed by atoms with Gasteiger partial charge in [0.2, 0.25) is 0 Å². The fraction of sp³-hybridized carbons (Fsp3) is 0.130. The Balaban J connectivity index is 1.40. The molecule has 14 nitrogen and oxygen atoms in total. The van der Waals surface area contributed by atoms with Crippen LogP contribution in [0.15, 0.2) is 143 Å². The molecule has 0 radical (unpaired) electrons. The average molecular weight is 803 g/mol. The van der Waals surface area contributed by atoms with Gasteiger partial charge in [-0.3, -0.25) is 20.2 Å². The van der Waals surface area contributed by atoms with Crippen LogP contribution in [0.5, 0.6) is 23.0 Å². The maximum absolute atomic E-state index is 11.9. The number of phenols is 4. The standard InChI is InChI=1S/C46H38N6O8/c1-3-5-27-15-29-19-33-23-39(49-47-37-7-11-41(12-8-37)51(57)58)25-35(45(33)55)21-31-17-28(6-4-2)18-32(44(31)54)22-36-26-40(24-34(46(36)56)20-30(16-27)43(29)53)50-48-38-9-13-42(14-10-38)52(59)60/h3-4,7-18,23-26,53-56H,1-2,5-6,19-22H2. The highest BCUT2D eigenvalue weighted by atomic mass is 16.6. The highest BCUT2D eigenvalue weighted by Crippen LogP contribution is 2.41. The molecule has 0 amide bonds. The molecule has 0 unspecified atom stereocenters. The van der Waals surface area contributed by atoms with Crippen LogP contribution in [0, 0.1) is 20.2 Å². The van der Waals surface area contributed by atoms with Crippen molar-refractivity contribution >= 4 is 34.1 Å². The van der Waals surface area contributed by atoms with Crippen molar-refractivity contribution in [3.05, 3.63) is 198 Å². The molecular weight excluding hydrogens is 765 g/mol. The van der Waals surface area contributed by atoms with E-state index in [0.29, 0.717) is 80.1 Å². The van der Waals surface area contributed by atoms with Gasteiger partial charge in [-0.15, -0.1) is 13.2 Å². The van der Waals surface area contributed by atoms with Gasteiger partial charge >= 0.3 is 0 Å². The van der Waals surface area contributed by atoms with Crippen LogP contribution in [0.1, 0.15) is 55.6 Å². The first-order valence-corrected chi connectivity index (χ1v) is 18.8. The normalized spacial score (nSPS) is 12.4. The summed E-state index contributed by atoms with van der Waals surface area (Å²) in [6.07, 6.45) is 4.60. The number of hydrogen-bond acceptors (Lipinski definition) is 12. The van der Waals surface area contributed by atoms with Crippen molar-refractivity contribution in [1.82, 2.24) is 0 Å². The first-order chi connectivity index (χ1) is 28.9. The highest BCUT2D eigenvalue weighted by Gasteiger charge is 2.22. The van der Waals surface area contributed by atoms with Gasteiger partial charge in [-0.1, -0.05) is 36.4 Å². The topological polar surface area (TPSA) is 217 Å². The molecule has 6 aromatic carbocycles. The number of fused-ring (bicyclic) bond motifs is 8. The number of aromatic hydroxyl groups is 4. The van der Waals surface area contributed by atoms with Crippen LogP contribution in [0.3, 0.4) is 0 Å². The summed E-state index contributed by atoms with van der Waals surface area (Å²) in [4.78, 5) is 21.3. The number of benzene rings is 6. The van der Waals surface area contributed by atoms with Crippen molar-refractivity contribution in [3.8, 4) is 23.0 Å². The molecule has 0 fully saturated rings. The summed E-state index contributed by atoms with van der Waals surface area (Å²) in [6.45, 7) is 7.78. The maximum Gasteiger partial charge on any atom is 0.269 e. The minimum absolute atomic E-state index is 0.0513. The molecule has 0 saturated carbocycles. The Morgan fingerprint density at radius 1 is 0.450 bits per heavy atom. The van der Waals surface area contributed by atoms with E-state index in [0.717, 1.165) is 11.1 Å². The molecule has 1 aliphatic rings. The number of hydrogen-bond donors (Lipinski definition) is 4. The zero-order valence-electron chi connectivity index (χ0n) is 32.2. The fourth-order valence-electron chi connectivity index (χ4n) is 7.24. The molecule has 60 heavy (non-hydrogen) atoms. The van der Waals surface area contributed by atoms with Crippen molar-refractivity contribution in [1.29, 1.82) is 0 Å². The van der Waals surface area contributed by atoms with E-state index in [2.05, 4.69) is 33.6 Å². The van der Waals surface area contributed by atoms with E-state index in [4.69, 9.17) is 0 Å². The molecule has 7 rings (SSSR count). The lowest BCUT2D eigenvalue weighted by atomic mass is 9.89.